The minimum Gasteiger partial charge on any atom is -0.376 e. The summed E-state index contributed by atoms with van der Waals surface area (Å²) in [5, 5.41) is 14.5. The van der Waals surface area contributed by atoms with Crippen LogP contribution < -0.4 is 5.32 Å². The third-order valence-electron chi connectivity index (χ3n) is 4.84. The summed E-state index contributed by atoms with van der Waals surface area (Å²) in [6, 6.07) is 13.7. The molecular formula is C19H19N3O4. The molecule has 0 aromatic heterocycles. The predicted octanol–water partition coefficient (Wildman–Crippen LogP) is 3.34. The molecule has 2 aliphatic rings. The molecule has 2 aromatic rings. The van der Waals surface area contributed by atoms with E-state index in [1.54, 1.807) is 23.1 Å². The number of hydrogen-bond acceptors (Lipinski definition) is 5. The molecule has 0 radical (unpaired) electrons. The number of non-ortho nitro benzene ring substituents is 1. The van der Waals surface area contributed by atoms with Crippen molar-refractivity contribution in [2.45, 2.75) is 25.1 Å². The van der Waals surface area contributed by atoms with E-state index in [1.807, 2.05) is 18.2 Å². The Balaban J connectivity index is 1.73. The van der Waals surface area contributed by atoms with Gasteiger partial charge in [0.15, 0.2) is 0 Å². The Morgan fingerprint density at radius 3 is 2.85 bits per heavy atom. The van der Waals surface area contributed by atoms with Crippen LogP contribution in [0.15, 0.2) is 48.5 Å². The zero-order valence-corrected chi connectivity index (χ0v) is 14.1. The molecule has 2 aliphatic heterocycles. The number of anilines is 1. The van der Waals surface area contributed by atoms with Gasteiger partial charge in [0, 0.05) is 36.5 Å². The average molecular weight is 353 g/mol. The highest BCUT2D eigenvalue weighted by molar-refractivity contribution is 6.01. The largest absolute Gasteiger partial charge is 0.376 e. The molecule has 4 rings (SSSR count). The Bertz CT molecular complexity index is 848. The van der Waals surface area contributed by atoms with E-state index in [9.17, 15) is 14.9 Å². The number of nitro groups is 1. The summed E-state index contributed by atoms with van der Waals surface area (Å²) in [5.74, 6) is -0.0913. The minimum atomic E-state index is -0.471. The van der Waals surface area contributed by atoms with Crippen LogP contribution in [-0.2, 0) is 4.74 Å². The number of hydrogen-bond donors (Lipinski definition) is 1. The molecule has 0 saturated carbocycles. The molecule has 2 aromatic carbocycles. The van der Waals surface area contributed by atoms with E-state index in [0.717, 1.165) is 18.5 Å². The van der Waals surface area contributed by atoms with Crippen LogP contribution >= 0.6 is 0 Å². The lowest BCUT2D eigenvalue weighted by molar-refractivity contribution is -0.384. The van der Waals surface area contributed by atoms with Crippen molar-refractivity contribution in [3.05, 3.63) is 69.8 Å². The number of amides is 1. The maximum absolute atomic E-state index is 13.1. The molecule has 2 heterocycles. The van der Waals surface area contributed by atoms with Crippen LogP contribution in [0.1, 0.15) is 34.9 Å². The molecule has 0 unspecified atom stereocenters. The quantitative estimate of drug-likeness (QED) is 0.673. The number of nitrogens with one attached hydrogen (secondary N) is 1. The number of ether oxygens (including phenoxy) is 1. The number of rotatable bonds is 4. The first-order chi connectivity index (χ1) is 12.6. The van der Waals surface area contributed by atoms with Gasteiger partial charge in [-0.2, -0.15) is 0 Å². The Morgan fingerprint density at radius 2 is 2.08 bits per heavy atom. The van der Waals surface area contributed by atoms with Crippen molar-refractivity contribution in [1.29, 1.82) is 0 Å². The van der Waals surface area contributed by atoms with Crippen molar-refractivity contribution >= 4 is 17.3 Å². The Hall–Kier alpha value is -2.93. The van der Waals surface area contributed by atoms with Crippen molar-refractivity contribution in [2.75, 3.05) is 18.5 Å². The van der Waals surface area contributed by atoms with Crippen LogP contribution in [0.2, 0.25) is 0 Å². The lowest BCUT2D eigenvalue weighted by Crippen LogP contribution is -2.46. The van der Waals surface area contributed by atoms with Crippen molar-refractivity contribution in [1.82, 2.24) is 4.90 Å². The van der Waals surface area contributed by atoms with Crippen LogP contribution in [0.25, 0.3) is 0 Å². The fraction of sp³-hybridized carbons (Fsp3) is 0.316. The summed E-state index contributed by atoms with van der Waals surface area (Å²) in [6.07, 6.45) is 1.42. The van der Waals surface area contributed by atoms with E-state index in [-0.39, 0.29) is 17.7 Å². The second kappa shape index (κ2) is 6.76. The second-order valence-corrected chi connectivity index (χ2v) is 6.54. The Kier molecular flexibility index (Phi) is 4.30. The van der Waals surface area contributed by atoms with Gasteiger partial charge in [0.25, 0.3) is 11.6 Å². The maximum atomic E-state index is 13.1. The number of fused-ring (bicyclic) bond motifs is 1. The second-order valence-electron chi connectivity index (χ2n) is 6.54. The van der Waals surface area contributed by atoms with E-state index in [1.165, 1.54) is 12.1 Å². The number of nitrogens with zero attached hydrogens (tertiary/aromatic N) is 2. The van der Waals surface area contributed by atoms with Gasteiger partial charge in [0.1, 0.15) is 6.17 Å². The number of carbonyl (C=O) groups excluding carboxylic acids is 1. The lowest BCUT2D eigenvalue weighted by Gasteiger charge is -2.39. The molecule has 1 N–H and O–H groups in total. The van der Waals surface area contributed by atoms with Gasteiger partial charge in [0.05, 0.1) is 16.6 Å². The van der Waals surface area contributed by atoms with Crippen molar-refractivity contribution in [3.8, 4) is 0 Å². The third kappa shape index (κ3) is 3.01. The van der Waals surface area contributed by atoms with Crippen molar-refractivity contribution in [2.24, 2.45) is 0 Å². The van der Waals surface area contributed by atoms with Crippen LogP contribution in [0.3, 0.4) is 0 Å². The van der Waals surface area contributed by atoms with Gasteiger partial charge in [-0.3, -0.25) is 14.9 Å². The van der Waals surface area contributed by atoms with E-state index < -0.39 is 11.1 Å². The summed E-state index contributed by atoms with van der Waals surface area (Å²) < 4.78 is 5.71. The molecule has 134 valence electrons. The highest BCUT2D eigenvalue weighted by Crippen LogP contribution is 2.34. The molecule has 7 heteroatoms. The zero-order chi connectivity index (χ0) is 18.1. The molecule has 0 bridgehead atoms. The molecular weight excluding hydrogens is 334 g/mol. The van der Waals surface area contributed by atoms with E-state index in [0.29, 0.717) is 24.3 Å². The summed E-state index contributed by atoms with van der Waals surface area (Å²) in [6.45, 7) is 1.16. The lowest BCUT2D eigenvalue weighted by atomic mass is 10.0. The molecule has 2 atom stereocenters. The monoisotopic (exact) mass is 353 g/mol. The molecule has 1 saturated heterocycles. The average Bonchev–Trinajstić information content (AvgIpc) is 3.17. The predicted molar refractivity (Wildman–Crippen MR) is 95.9 cm³/mol. The first-order valence-electron chi connectivity index (χ1n) is 8.66. The van der Waals surface area contributed by atoms with Crippen LogP contribution in [0.5, 0.6) is 0 Å². The molecule has 0 spiro atoms. The molecule has 26 heavy (non-hydrogen) atoms. The van der Waals surface area contributed by atoms with Gasteiger partial charge >= 0.3 is 0 Å². The number of benzene rings is 2. The van der Waals surface area contributed by atoms with E-state index >= 15 is 0 Å². The summed E-state index contributed by atoms with van der Waals surface area (Å²) in [5.41, 5.74) is 2.03. The first-order valence-corrected chi connectivity index (χ1v) is 8.66. The smallest absolute Gasteiger partial charge is 0.269 e. The van der Waals surface area contributed by atoms with Gasteiger partial charge in [-0.05, 0) is 25.0 Å². The molecule has 7 nitrogen and oxygen atoms in total. The Morgan fingerprint density at radius 1 is 1.23 bits per heavy atom. The number of nitro benzene ring substituents is 1. The summed E-state index contributed by atoms with van der Waals surface area (Å²) >= 11 is 0. The van der Waals surface area contributed by atoms with Crippen LogP contribution in [-0.4, -0.2) is 35.0 Å². The van der Waals surface area contributed by atoms with E-state index in [4.69, 9.17) is 4.74 Å². The number of para-hydroxylation sites is 1. The number of carbonyl (C=O) groups is 1. The molecule has 0 aliphatic carbocycles. The van der Waals surface area contributed by atoms with Gasteiger partial charge in [-0.15, -0.1) is 0 Å². The van der Waals surface area contributed by atoms with Gasteiger partial charge in [0.2, 0.25) is 0 Å². The molecule has 1 amide bonds. The van der Waals surface area contributed by atoms with Gasteiger partial charge < -0.3 is 15.0 Å². The fourth-order valence-corrected chi connectivity index (χ4v) is 3.56. The Labute approximate surface area is 150 Å². The maximum Gasteiger partial charge on any atom is 0.269 e. The van der Waals surface area contributed by atoms with Crippen LogP contribution in [0, 0.1) is 10.1 Å². The first kappa shape index (κ1) is 16.5. The van der Waals surface area contributed by atoms with E-state index in [2.05, 4.69) is 5.32 Å². The van der Waals surface area contributed by atoms with Crippen molar-refractivity contribution < 1.29 is 14.5 Å². The van der Waals surface area contributed by atoms with Gasteiger partial charge in [-0.25, -0.2) is 0 Å². The highest BCUT2D eigenvalue weighted by Gasteiger charge is 2.35. The third-order valence-corrected chi connectivity index (χ3v) is 4.84. The van der Waals surface area contributed by atoms with Crippen LogP contribution in [0.4, 0.5) is 11.4 Å². The highest BCUT2D eigenvalue weighted by atomic mass is 16.6. The van der Waals surface area contributed by atoms with Gasteiger partial charge in [-0.1, -0.05) is 24.3 Å². The van der Waals surface area contributed by atoms with Crippen molar-refractivity contribution in [3.63, 3.8) is 0 Å². The topological polar surface area (TPSA) is 84.7 Å². The summed E-state index contributed by atoms with van der Waals surface area (Å²) in [7, 11) is 0. The fourth-order valence-electron chi connectivity index (χ4n) is 3.56. The summed E-state index contributed by atoms with van der Waals surface area (Å²) in [4.78, 5) is 25.5. The zero-order valence-electron chi connectivity index (χ0n) is 14.1. The standard InChI is InChI=1S/C19H19N3O4/c23-19-16-8-1-2-9-17(16)20-18(21(19)12-15-7-4-10-26-15)13-5-3-6-14(11-13)22(24)25/h1-3,5-6,8-9,11,15,18,20H,4,7,10,12H2/t15-,18-/m0/s1. The minimum absolute atomic E-state index is 0.00711. The molecule has 1 fully saturated rings. The normalized spacial score (nSPS) is 22.0. The SMILES string of the molecule is O=C1c2ccccc2N[C@H](c2cccc([N+](=O)[O-])c2)N1C[C@@H]1CCCO1.